The SMILES string of the molecule is CC(Cc1ccc(-c2csnn2)cc1)(NC(=O)O)C(=O)NC(CO)Cc1ccccc1. The van der Waals surface area contributed by atoms with Gasteiger partial charge in [0, 0.05) is 17.4 Å². The zero-order valence-electron chi connectivity index (χ0n) is 17.0. The molecule has 2 atom stereocenters. The van der Waals surface area contributed by atoms with Gasteiger partial charge >= 0.3 is 6.09 Å². The number of rotatable bonds is 9. The number of carbonyl (C=O) groups excluding carboxylic acids is 1. The normalized spacial score (nSPS) is 13.7. The molecule has 2 amide bonds. The summed E-state index contributed by atoms with van der Waals surface area (Å²) in [5.74, 6) is -0.502. The molecule has 4 N–H and O–H groups in total. The Balaban J connectivity index is 1.73. The Labute approximate surface area is 184 Å². The number of benzene rings is 2. The largest absolute Gasteiger partial charge is 0.465 e. The van der Waals surface area contributed by atoms with E-state index in [1.54, 1.807) is 0 Å². The van der Waals surface area contributed by atoms with E-state index in [1.807, 2.05) is 60.0 Å². The molecule has 3 rings (SSSR count). The maximum absolute atomic E-state index is 13.1. The molecule has 3 aromatic rings. The fraction of sp³-hybridized carbons (Fsp3) is 0.273. The van der Waals surface area contributed by atoms with E-state index in [0.29, 0.717) is 6.42 Å². The second kappa shape index (κ2) is 10.1. The fourth-order valence-corrected chi connectivity index (χ4v) is 3.78. The highest BCUT2D eigenvalue weighted by molar-refractivity contribution is 7.03. The Morgan fingerprint density at radius 3 is 2.39 bits per heavy atom. The summed E-state index contributed by atoms with van der Waals surface area (Å²) in [5, 5.41) is 30.0. The Morgan fingerprint density at radius 1 is 1.10 bits per heavy atom. The van der Waals surface area contributed by atoms with Gasteiger partial charge in [-0.1, -0.05) is 59.1 Å². The van der Waals surface area contributed by atoms with Crippen molar-refractivity contribution >= 4 is 23.5 Å². The molecule has 31 heavy (non-hydrogen) atoms. The standard InChI is InChI=1S/C22H24N4O4S/c1-22(24-21(29)30,12-16-7-9-17(10-8-16)19-14-31-26-25-19)20(28)23-18(13-27)11-15-5-3-2-4-6-15/h2-10,14,18,24,27H,11-13H2,1H3,(H,23,28)(H,29,30). The monoisotopic (exact) mass is 440 g/mol. The molecule has 0 bridgehead atoms. The molecule has 1 heterocycles. The summed E-state index contributed by atoms with van der Waals surface area (Å²) in [6.45, 7) is 1.27. The number of nitrogens with one attached hydrogen (secondary N) is 2. The first-order valence-electron chi connectivity index (χ1n) is 9.73. The average Bonchev–Trinajstić information content (AvgIpc) is 3.29. The van der Waals surface area contributed by atoms with Crippen molar-refractivity contribution in [1.29, 1.82) is 0 Å². The average molecular weight is 441 g/mol. The van der Waals surface area contributed by atoms with Gasteiger partial charge < -0.3 is 20.8 Å². The molecule has 162 valence electrons. The summed E-state index contributed by atoms with van der Waals surface area (Å²) in [6, 6.07) is 16.3. The van der Waals surface area contributed by atoms with Gasteiger partial charge in [0.05, 0.1) is 12.6 Å². The Bertz CT molecular complexity index is 996. The van der Waals surface area contributed by atoms with Crippen molar-refractivity contribution in [2.75, 3.05) is 6.61 Å². The van der Waals surface area contributed by atoms with Crippen LogP contribution in [0.15, 0.2) is 60.0 Å². The van der Waals surface area contributed by atoms with Crippen molar-refractivity contribution in [3.05, 3.63) is 71.1 Å². The third kappa shape index (κ3) is 6.09. The van der Waals surface area contributed by atoms with Gasteiger partial charge in [-0.25, -0.2) is 4.79 Å². The van der Waals surface area contributed by atoms with Gasteiger partial charge in [-0.15, -0.1) is 5.10 Å². The van der Waals surface area contributed by atoms with Crippen LogP contribution in [-0.2, 0) is 17.6 Å². The fourth-order valence-electron chi connectivity index (χ4n) is 3.31. The summed E-state index contributed by atoms with van der Waals surface area (Å²) in [6.07, 6.45) is -0.723. The van der Waals surface area contributed by atoms with Gasteiger partial charge in [-0.2, -0.15) is 0 Å². The molecule has 0 saturated carbocycles. The van der Waals surface area contributed by atoms with Crippen LogP contribution in [0.2, 0.25) is 0 Å². The van der Waals surface area contributed by atoms with Gasteiger partial charge in [-0.3, -0.25) is 4.79 Å². The smallest absolute Gasteiger partial charge is 0.405 e. The van der Waals surface area contributed by atoms with E-state index in [1.165, 1.54) is 18.5 Å². The van der Waals surface area contributed by atoms with Crippen LogP contribution in [0.4, 0.5) is 4.79 Å². The molecule has 8 nitrogen and oxygen atoms in total. The van der Waals surface area contributed by atoms with E-state index >= 15 is 0 Å². The molecule has 0 fully saturated rings. The number of hydrogen-bond acceptors (Lipinski definition) is 6. The molecular formula is C22H24N4O4S. The van der Waals surface area contributed by atoms with Crippen molar-refractivity contribution in [2.24, 2.45) is 0 Å². The zero-order chi connectivity index (χ0) is 22.3. The summed E-state index contributed by atoms with van der Waals surface area (Å²) in [5.41, 5.74) is 1.97. The first kappa shape index (κ1) is 22.4. The predicted molar refractivity (Wildman–Crippen MR) is 118 cm³/mol. The van der Waals surface area contributed by atoms with Crippen LogP contribution in [0.5, 0.6) is 0 Å². The lowest BCUT2D eigenvalue weighted by Gasteiger charge is -2.30. The Kier molecular flexibility index (Phi) is 7.32. The van der Waals surface area contributed by atoms with Crippen molar-refractivity contribution in [3.8, 4) is 11.3 Å². The molecule has 0 aliphatic heterocycles. The van der Waals surface area contributed by atoms with E-state index in [-0.39, 0.29) is 13.0 Å². The quantitative estimate of drug-likeness (QED) is 0.405. The number of hydrogen-bond donors (Lipinski definition) is 4. The van der Waals surface area contributed by atoms with E-state index in [9.17, 15) is 19.8 Å². The van der Waals surface area contributed by atoms with Crippen LogP contribution in [0, 0.1) is 0 Å². The Morgan fingerprint density at radius 2 is 1.81 bits per heavy atom. The highest BCUT2D eigenvalue weighted by atomic mass is 32.1. The van der Waals surface area contributed by atoms with Gasteiger partial charge in [0.2, 0.25) is 5.91 Å². The maximum Gasteiger partial charge on any atom is 0.405 e. The minimum atomic E-state index is -1.42. The Hall–Kier alpha value is -3.30. The van der Waals surface area contributed by atoms with E-state index in [2.05, 4.69) is 20.2 Å². The van der Waals surface area contributed by atoms with Gasteiger partial charge in [0.1, 0.15) is 11.2 Å². The molecule has 0 aliphatic carbocycles. The number of aliphatic hydroxyl groups excluding tert-OH is 1. The van der Waals surface area contributed by atoms with Gasteiger partial charge in [-0.05, 0) is 36.0 Å². The third-order valence-electron chi connectivity index (χ3n) is 4.93. The second-order valence-electron chi connectivity index (χ2n) is 7.47. The van der Waals surface area contributed by atoms with Crippen molar-refractivity contribution < 1.29 is 19.8 Å². The first-order valence-corrected chi connectivity index (χ1v) is 10.6. The van der Waals surface area contributed by atoms with Crippen LogP contribution in [0.3, 0.4) is 0 Å². The van der Waals surface area contributed by atoms with E-state index < -0.39 is 23.6 Å². The number of carbonyl (C=O) groups is 2. The minimum absolute atomic E-state index is 0.143. The molecule has 1 aromatic heterocycles. The van der Waals surface area contributed by atoms with Crippen LogP contribution in [0.25, 0.3) is 11.3 Å². The highest BCUT2D eigenvalue weighted by Gasteiger charge is 2.36. The number of aromatic nitrogens is 2. The second-order valence-corrected chi connectivity index (χ2v) is 8.08. The lowest BCUT2D eigenvalue weighted by atomic mass is 9.90. The molecule has 0 radical (unpaired) electrons. The van der Waals surface area contributed by atoms with Crippen molar-refractivity contribution in [3.63, 3.8) is 0 Å². The minimum Gasteiger partial charge on any atom is -0.465 e. The molecule has 9 heteroatoms. The lowest BCUT2D eigenvalue weighted by Crippen LogP contribution is -2.60. The molecule has 2 unspecified atom stereocenters. The van der Waals surface area contributed by atoms with Crippen LogP contribution >= 0.6 is 11.5 Å². The van der Waals surface area contributed by atoms with Gasteiger partial charge in [0.15, 0.2) is 0 Å². The highest BCUT2D eigenvalue weighted by Crippen LogP contribution is 2.21. The number of nitrogens with zero attached hydrogens (tertiary/aromatic N) is 2. The summed E-state index contributed by atoms with van der Waals surface area (Å²) in [4.78, 5) is 24.5. The topological polar surface area (TPSA) is 124 Å². The third-order valence-corrected chi connectivity index (χ3v) is 5.44. The van der Waals surface area contributed by atoms with Crippen LogP contribution < -0.4 is 10.6 Å². The molecule has 0 spiro atoms. The van der Waals surface area contributed by atoms with Crippen LogP contribution in [0.1, 0.15) is 18.1 Å². The number of aliphatic hydroxyl groups is 1. The summed E-state index contributed by atoms with van der Waals surface area (Å²) >= 11 is 1.26. The molecule has 2 aromatic carbocycles. The van der Waals surface area contributed by atoms with Gasteiger partial charge in [0.25, 0.3) is 0 Å². The molecular weight excluding hydrogens is 416 g/mol. The van der Waals surface area contributed by atoms with Crippen molar-refractivity contribution in [1.82, 2.24) is 20.2 Å². The number of amides is 2. The number of carboxylic acid groups (broad SMARTS) is 1. The summed E-state index contributed by atoms with van der Waals surface area (Å²) in [7, 11) is 0. The lowest BCUT2D eigenvalue weighted by molar-refractivity contribution is -0.127. The summed E-state index contributed by atoms with van der Waals surface area (Å²) < 4.78 is 3.84. The maximum atomic E-state index is 13.1. The van der Waals surface area contributed by atoms with E-state index in [4.69, 9.17) is 0 Å². The molecule has 0 saturated heterocycles. The van der Waals surface area contributed by atoms with Crippen LogP contribution in [-0.4, -0.2) is 50.0 Å². The predicted octanol–water partition coefficient (Wildman–Crippen LogP) is 2.49. The zero-order valence-corrected chi connectivity index (χ0v) is 17.8. The van der Waals surface area contributed by atoms with E-state index in [0.717, 1.165) is 22.4 Å². The first-order chi connectivity index (χ1) is 14.9. The van der Waals surface area contributed by atoms with Crippen molar-refractivity contribution in [2.45, 2.75) is 31.3 Å². The molecule has 0 aliphatic rings.